The first-order valence-electron chi connectivity index (χ1n) is 12.2. The van der Waals surface area contributed by atoms with Crippen molar-refractivity contribution in [3.63, 3.8) is 0 Å². The van der Waals surface area contributed by atoms with Crippen LogP contribution < -0.4 is 19.9 Å². The largest absolute Gasteiger partial charge is 0.493 e. The smallest absolute Gasteiger partial charge is 0.270 e. The van der Waals surface area contributed by atoms with Crippen molar-refractivity contribution in [3.05, 3.63) is 55.7 Å². The fourth-order valence-corrected chi connectivity index (χ4v) is 6.00. The molecule has 0 unspecified atom stereocenters. The molecule has 3 heterocycles. The van der Waals surface area contributed by atoms with Crippen LogP contribution in [-0.4, -0.2) is 78.6 Å². The van der Waals surface area contributed by atoms with Crippen LogP contribution in [0.2, 0.25) is 0 Å². The average Bonchev–Trinajstić information content (AvgIpc) is 3.18. The van der Waals surface area contributed by atoms with E-state index < -0.39 is 0 Å². The number of piperazine rings is 1. The first-order chi connectivity index (χ1) is 18.2. The van der Waals surface area contributed by atoms with Gasteiger partial charge in [0.15, 0.2) is 11.5 Å². The van der Waals surface area contributed by atoms with Crippen LogP contribution in [0.4, 0.5) is 5.82 Å². The molecule has 2 aliphatic rings. The van der Waals surface area contributed by atoms with Crippen molar-refractivity contribution in [1.29, 1.82) is 5.26 Å². The quantitative estimate of drug-likeness (QED) is 0.379. The number of carbonyl (C=O) groups excluding carboxylic acids is 1. The number of nitrogens with zero attached hydrogens (tertiary/aromatic N) is 5. The zero-order valence-corrected chi connectivity index (χ0v) is 23.9. The molecule has 0 aliphatic carbocycles. The molecule has 38 heavy (non-hydrogen) atoms. The molecule has 2 aromatic rings. The van der Waals surface area contributed by atoms with Crippen molar-refractivity contribution in [3.8, 4) is 17.6 Å². The van der Waals surface area contributed by atoms with Gasteiger partial charge in [0.05, 0.1) is 19.1 Å². The van der Waals surface area contributed by atoms with Gasteiger partial charge in [-0.2, -0.15) is 5.26 Å². The van der Waals surface area contributed by atoms with E-state index >= 15 is 0 Å². The summed E-state index contributed by atoms with van der Waals surface area (Å²) in [5, 5.41) is 9.71. The van der Waals surface area contributed by atoms with Gasteiger partial charge in [0.2, 0.25) is 0 Å². The fraction of sp³-hybridized carbons (Fsp3) is 0.407. The first kappa shape index (κ1) is 27.7. The molecule has 1 aromatic heterocycles. The van der Waals surface area contributed by atoms with Crippen molar-refractivity contribution >= 4 is 46.1 Å². The maximum absolute atomic E-state index is 13.5. The molecule has 0 spiro atoms. The van der Waals surface area contributed by atoms with Crippen LogP contribution in [-0.2, 0) is 18.3 Å². The number of rotatable bonds is 7. The molecule has 1 aromatic carbocycles. The van der Waals surface area contributed by atoms with E-state index in [2.05, 4.69) is 22.9 Å². The Hall–Kier alpha value is -3.33. The number of hydrogen-bond acceptors (Lipinski definition) is 9. The number of pyridine rings is 1. The Bertz CT molecular complexity index is 1400. The molecule has 11 heteroatoms. The van der Waals surface area contributed by atoms with Gasteiger partial charge in [-0.3, -0.25) is 19.1 Å². The highest BCUT2D eigenvalue weighted by Gasteiger charge is 2.33. The van der Waals surface area contributed by atoms with E-state index in [1.54, 1.807) is 39.2 Å². The summed E-state index contributed by atoms with van der Waals surface area (Å²) < 4.78 is 12.7. The van der Waals surface area contributed by atoms with Crippen molar-refractivity contribution < 1.29 is 14.3 Å². The number of carbonyl (C=O) groups is 1. The summed E-state index contributed by atoms with van der Waals surface area (Å²) in [6, 6.07) is 7.73. The molecule has 1 amide bonds. The number of nitriles is 1. The molecule has 0 bridgehead atoms. The molecule has 2 saturated heterocycles. The van der Waals surface area contributed by atoms with E-state index in [1.165, 1.54) is 16.3 Å². The minimum Gasteiger partial charge on any atom is -0.493 e. The van der Waals surface area contributed by atoms with E-state index in [4.69, 9.17) is 21.7 Å². The van der Waals surface area contributed by atoms with Crippen LogP contribution in [0, 0.1) is 18.3 Å². The lowest BCUT2D eigenvalue weighted by Gasteiger charge is -2.36. The molecular weight excluding hydrogens is 522 g/mol. The van der Waals surface area contributed by atoms with Crippen LogP contribution in [0.25, 0.3) is 6.08 Å². The molecule has 0 radical (unpaired) electrons. The maximum Gasteiger partial charge on any atom is 0.270 e. The summed E-state index contributed by atoms with van der Waals surface area (Å²) in [4.78, 5) is 32.9. The number of likely N-dealkylation sites (N-methyl/N-ethyl adjacent to an activating group) is 1. The van der Waals surface area contributed by atoms with Gasteiger partial charge < -0.3 is 19.3 Å². The SMILES string of the molecule is COc1ccc(CCN2C(=O)/C(=C/c3c(C)c(C#N)c(=O)n(C)c3N3CCN(C)CC3)SC2=S)cc1OC. The van der Waals surface area contributed by atoms with Gasteiger partial charge in [-0.15, -0.1) is 0 Å². The number of thiocarbonyl (C=S) groups is 1. The molecule has 200 valence electrons. The van der Waals surface area contributed by atoms with E-state index in [0.717, 1.165) is 37.6 Å². The molecule has 0 atom stereocenters. The van der Waals surface area contributed by atoms with Crippen molar-refractivity contribution in [2.75, 3.05) is 58.9 Å². The normalized spacial score (nSPS) is 17.3. The van der Waals surface area contributed by atoms with Gasteiger partial charge in [-0.05, 0) is 49.7 Å². The van der Waals surface area contributed by atoms with Crippen LogP contribution >= 0.6 is 24.0 Å². The Morgan fingerprint density at radius 2 is 1.79 bits per heavy atom. The fourth-order valence-electron chi connectivity index (χ4n) is 4.71. The number of aromatic nitrogens is 1. The standard InChI is InChI=1S/C27H31N5O4S2/c1-17-19(24(30(3)25(33)20(17)16-28)31-12-10-29(2)11-13-31)15-23-26(34)32(27(37)38-23)9-8-18-6-7-21(35-4)22(14-18)36-5/h6-7,14-15H,8-13H2,1-5H3/b23-15-. The van der Waals surface area contributed by atoms with E-state index in [-0.39, 0.29) is 17.0 Å². The van der Waals surface area contributed by atoms with E-state index in [1.807, 2.05) is 18.2 Å². The number of anilines is 1. The number of hydrogen-bond donors (Lipinski definition) is 0. The zero-order chi connectivity index (χ0) is 27.6. The lowest BCUT2D eigenvalue weighted by Crippen LogP contribution is -2.46. The van der Waals surface area contributed by atoms with Crippen LogP contribution in [0.5, 0.6) is 11.5 Å². The molecule has 4 rings (SSSR count). The van der Waals surface area contributed by atoms with Gasteiger partial charge in [0, 0.05) is 45.3 Å². The highest BCUT2D eigenvalue weighted by molar-refractivity contribution is 8.26. The molecular formula is C27H31N5O4S2. The molecule has 0 saturated carbocycles. The Balaban J connectivity index is 1.65. The van der Waals surface area contributed by atoms with E-state index in [9.17, 15) is 14.9 Å². The van der Waals surface area contributed by atoms with Crippen LogP contribution in [0.3, 0.4) is 0 Å². The van der Waals surface area contributed by atoms with Crippen molar-refractivity contribution in [1.82, 2.24) is 14.4 Å². The lowest BCUT2D eigenvalue weighted by atomic mass is 10.0. The summed E-state index contributed by atoms with van der Waals surface area (Å²) in [5.74, 6) is 1.81. The Morgan fingerprint density at radius 3 is 2.42 bits per heavy atom. The van der Waals surface area contributed by atoms with Gasteiger partial charge in [-0.1, -0.05) is 30.0 Å². The Kier molecular flexibility index (Phi) is 8.45. The number of methoxy groups -OCH3 is 2. The third-order valence-electron chi connectivity index (χ3n) is 6.99. The number of thioether (sulfide) groups is 1. The molecule has 0 N–H and O–H groups in total. The first-order valence-corrected chi connectivity index (χ1v) is 13.5. The molecule has 2 fully saturated rings. The number of benzene rings is 1. The summed E-state index contributed by atoms with van der Waals surface area (Å²) in [6.45, 7) is 5.36. The van der Waals surface area contributed by atoms with Gasteiger partial charge in [-0.25, -0.2) is 0 Å². The summed E-state index contributed by atoms with van der Waals surface area (Å²) in [5.41, 5.74) is 2.01. The second-order valence-corrected chi connectivity index (χ2v) is 11.0. The van der Waals surface area contributed by atoms with Crippen molar-refractivity contribution in [2.24, 2.45) is 7.05 Å². The predicted octanol–water partition coefficient (Wildman–Crippen LogP) is 2.78. The summed E-state index contributed by atoms with van der Waals surface area (Å²) in [7, 11) is 6.92. The second-order valence-electron chi connectivity index (χ2n) is 9.28. The molecule has 9 nitrogen and oxygen atoms in total. The van der Waals surface area contributed by atoms with Crippen LogP contribution in [0.15, 0.2) is 27.9 Å². The summed E-state index contributed by atoms with van der Waals surface area (Å²) >= 11 is 6.81. The average molecular weight is 554 g/mol. The third kappa shape index (κ3) is 5.29. The van der Waals surface area contributed by atoms with Gasteiger partial charge in [0.1, 0.15) is 21.8 Å². The topological polar surface area (TPSA) is 91.0 Å². The van der Waals surface area contributed by atoms with Crippen LogP contribution in [0.1, 0.15) is 22.3 Å². The maximum atomic E-state index is 13.5. The molecule has 2 aliphatic heterocycles. The minimum atomic E-state index is -0.335. The monoisotopic (exact) mass is 553 g/mol. The Labute approximate surface area is 232 Å². The third-order valence-corrected chi connectivity index (χ3v) is 8.37. The highest BCUT2D eigenvalue weighted by atomic mass is 32.2. The highest BCUT2D eigenvalue weighted by Crippen LogP contribution is 2.36. The van der Waals surface area contributed by atoms with Gasteiger partial charge in [0.25, 0.3) is 11.5 Å². The predicted molar refractivity (Wildman–Crippen MR) is 154 cm³/mol. The summed E-state index contributed by atoms with van der Waals surface area (Å²) in [6.07, 6.45) is 2.38. The number of ether oxygens (including phenoxy) is 2. The minimum absolute atomic E-state index is 0.0839. The zero-order valence-electron chi connectivity index (χ0n) is 22.2. The second kappa shape index (κ2) is 11.6. The van der Waals surface area contributed by atoms with E-state index in [0.29, 0.717) is 44.8 Å². The van der Waals surface area contributed by atoms with Gasteiger partial charge >= 0.3 is 0 Å². The Morgan fingerprint density at radius 1 is 1.11 bits per heavy atom. The lowest BCUT2D eigenvalue weighted by molar-refractivity contribution is -0.122. The number of amides is 1. The van der Waals surface area contributed by atoms with Crippen molar-refractivity contribution in [2.45, 2.75) is 13.3 Å².